The third-order valence-electron chi connectivity index (χ3n) is 2.75. The number of rotatable bonds is 1. The van der Waals surface area contributed by atoms with Crippen LogP contribution in [0.25, 0.3) is 11.0 Å². The molecule has 136 valence electrons. The summed E-state index contributed by atoms with van der Waals surface area (Å²) in [6.07, 6.45) is 1.14. The fraction of sp³-hybridized carbons (Fsp3) is 0.500. The molecule has 0 radical (unpaired) electrons. The van der Waals surface area contributed by atoms with Crippen molar-refractivity contribution in [2.45, 2.75) is 52.7 Å². The molecule has 8 nitrogen and oxygen atoms in total. The highest BCUT2D eigenvalue weighted by Crippen LogP contribution is 2.29. The van der Waals surface area contributed by atoms with E-state index in [1.807, 2.05) is 0 Å². The summed E-state index contributed by atoms with van der Waals surface area (Å²) in [4.78, 5) is 37.3. The van der Waals surface area contributed by atoms with Crippen molar-refractivity contribution in [1.29, 1.82) is 0 Å². The van der Waals surface area contributed by atoms with E-state index in [1.165, 1.54) is 12.5 Å². The highest BCUT2D eigenvalue weighted by Gasteiger charge is 2.35. The van der Waals surface area contributed by atoms with Crippen molar-refractivity contribution < 1.29 is 19.1 Å². The predicted octanol–water partition coefficient (Wildman–Crippen LogP) is 4.40. The largest absolute Gasteiger partial charge is 0.443 e. The van der Waals surface area contributed by atoms with Crippen LogP contribution in [0.4, 0.5) is 15.4 Å². The summed E-state index contributed by atoms with van der Waals surface area (Å²) < 4.78 is 11.3. The number of imide groups is 1. The molecule has 0 aliphatic carbocycles. The lowest BCUT2D eigenvalue weighted by Gasteiger charge is -2.28. The molecule has 2 aromatic heterocycles. The molecule has 0 spiro atoms. The van der Waals surface area contributed by atoms with Crippen molar-refractivity contribution in [3.63, 3.8) is 0 Å². The summed E-state index contributed by atoms with van der Waals surface area (Å²) in [5.74, 6) is 0.0548. The summed E-state index contributed by atoms with van der Waals surface area (Å²) in [6.45, 7) is 10.2. The van der Waals surface area contributed by atoms with Crippen molar-refractivity contribution in [2.24, 2.45) is 0 Å². The van der Waals surface area contributed by atoms with Crippen LogP contribution in [0.15, 0.2) is 17.0 Å². The van der Waals surface area contributed by atoms with Crippen LogP contribution in [0, 0.1) is 0 Å². The number of ether oxygens (including phenoxy) is 2. The van der Waals surface area contributed by atoms with E-state index in [9.17, 15) is 9.59 Å². The average Bonchev–Trinajstić information content (AvgIpc) is 2.87. The molecule has 0 aliphatic rings. The lowest BCUT2D eigenvalue weighted by atomic mass is 10.2. The highest BCUT2D eigenvalue weighted by atomic mass is 79.9. The molecule has 0 bridgehead atoms. The molecule has 1 N–H and O–H groups in total. The Kier molecular flexibility index (Phi) is 5.08. The maximum absolute atomic E-state index is 12.7. The predicted molar refractivity (Wildman–Crippen MR) is 96.5 cm³/mol. The average molecular weight is 413 g/mol. The van der Waals surface area contributed by atoms with Gasteiger partial charge in [-0.25, -0.2) is 19.6 Å². The van der Waals surface area contributed by atoms with Gasteiger partial charge in [0.25, 0.3) is 0 Å². The van der Waals surface area contributed by atoms with Gasteiger partial charge in [0, 0.05) is 6.20 Å². The van der Waals surface area contributed by atoms with Crippen molar-refractivity contribution >= 4 is 45.0 Å². The molecule has 2 aromatic rings. The number of hydrogen-bond donors (Lipinski definition) is 1. The van der Waals surface area contributed by atoms with Crippen LogP contribution in [-0.2, 0) is 9.47 Å². The number of H-pyrrole nitrogens is 1. The van der Waals surface area contributed by atoms with Gasteiger partial charge in [-0.1, -0.05) is 0 Å². The third kappa shape index (κ3) is 4.68. The van der Waals surface area contributed by atoms with Gasteiger partial charge in [0.15, 0.2) is 5.82 Å². The second kappa shape index (κ2) is 6.62. The monoisotopic (exact) mass is 412 g/mol. The van der Waals surface area contributed by atoms with Gasteiger partial charge in [0.2, 0.25) is 0 Å². The summed E-state index contributed by atoms with van der Waals surface area (Å²) in [5.41, 5.74) is -0.646. The summed E-state index contributed by atoms with van der Waals surface area (Å²) >= 11 is 3.34. The second-order valence-corrected chi connectivity index (χ2v) is 8.21. The number of anilines is 1. The molecule has 9 heteroatoms. The molecule has 0 saturated carbocycles. The Bertz CT molecular complexity index is 777. The maximum Gasteiger partial charge on any atom is 0.425 e. The molecule has 0 aliphatic heterocycles. The molecule has 0 aromatic carbocycles. The van der Waals surface area contributed by atoms with Gasteiger partial charge < -0.3 is 14.5 Å². The Morgan fingerprint density at radius 2 is 1.56 bits per heavy atom. The maximum atomic E-state index is 12.7. The van der Waals surface area contributed by atoms with Crippen molar-refractivity contribution in [2.75, 3.05) is 4.90 Å². The van der Waals surface area contributed by atoms with E-state index in [0.717, 1.165) is 4.90 Å². The number of imidazole rings is 1. The number of pyridine rings is 1. The molecular weight excluding hydrogens is 392 g/mol. The second-order valence-electron chi connectivity index (χ2n) is 7.35. The van der Waals surface area contributed by atoms with Gasteiger partial charge in [0.1, 0.15) is 22.2 Å². The molecular formula is C16H21BrN4O4. The number of nitrogens with zero attached hydrogens (tertiary/aromatic N) is 3. The van der Waals surface area contributed by atoms with E-state index in [-0.39, 0.29) is 5.82 Å². The van der Waals surface area contributed by atoms with E-state index in [4.69, 9.17) is 9.47 Å². The van der Waals surface area contributed by atoms with Crippen LogP contribution in [0.3, 0.4) is 0 Å². The van der Waals surface area contributed by atoms with Gasteiger partial charge in [0.05, 0.1) is 10.8 Å². The van der Waals surface area contributed by atoms with E-state index >= 15 is 0 Å². The number of carbonyl (C=O) groups excluding carboxylic acids is 2. The summed E-state index contributed by atoms with van der Waals surface area (Å²) in [7, 11) is 0. The Morgan fingerprint density at radius 1 is 1.04 bits per heavy atom. The summed E-state index contributed by atoms with van der Waals surface area (Å²) in [5, 5.41) is 0. The fourth-order valence-corrected chi connectivity index (χ4v) is 2.32. The Balaban J connectivity index is 2.53. The third-order valence-corrected chi connectivity index (χ3v) is 3.33. The van der Waals surface area contributed by atoms with Crippen LogP contribution in [0.5, 0.6) is 0 Å². The quantitative estimate of drug-likeness (QED) is 0.745. The van der Waals surface area contributed by atoms with Gasteiger partial charge >= 0.3 is 12.2 Å². The Hall–Kier alpha value is -2.16. The summed E-state index contributed by atoms with van der Waals surface area (Å²) in [6, 6.07) is 0. The minimum absolute atomic E-state index is 0.0548. The number of amides is 2. The highest BCUT2D eigenvalue weighted by molar-refractivity contribution is 9.10. The number of hydrogen-bond acceptors (Lipinski definition) is 6. The number of aromatic amines is 1. The minimum atomic E-state index is -0.882. The number of fused-ring (bicyclic) bond motifs is 1. The normalized spacial score (nSPS) is 12.1. The first kappa shape index (κ1) is 19.2. The van der Waals surface area contributed by atoms with Crippen LogP contribution < -0.4 is 4.90 Å². The standard InChI is InChI=1S/C16H21BrN4O4/c1-15(2,3)24-13(22)21(14(23)25-16(4,5)6)12-11-10(19-8-20-11)9(17)7-18-12/h7-8H,1-6H3,(H,19,20). The number of halogens is 1. The first-order valence-electron chi connectivity index (χ1n) is 7.63. The van der Waals surface area contributed by atoms with E-state index < -0.39 is 23.4 Å². The topological polar surface area (TPSA) is 97.4 Å². The molecule has 0 atom stereocenters. The smallest absolute Gasteiger partial charge is 0.425 e. The molecule has 0 fully saturated rings. The zero-order valence-corrected chi connectivity index (χ0v) is 16.6. The van der Waals surface area contributed by atoms with Gasteiger partial charge in [-0.2, -0.15) is 4.90 Å². The molecule has 2 amide bonds. The van der Waals surface area contributed by atoms with E-state index in [1.54, 1.807) is 41.5 Å². The lowest BCUT2D eigenvalue weighted by Crippen LogP contribution is -2.44. The van der Waals surface area contributed by atoms with Crippen molar-refractivity contribution in [3.8, 4) is 0 Å². The molecule has 0 saturated heterocycles. The fourth-order valence-electron chi connectivity index (χ4n) is 1.92. The molecule has 2 heterocycles. The number of aromatic nitrogens is 3. The van der Waals surface area contributed by atoms with E-state index in [0.29, 0.717) is 15.5 Å². The Morgan fingerprint density at radius 3 is 2.04 bits per heavy atom. The van der Waals surface area contributed by atoms with Crippen LogP contribution in [-0.4, -0.2) is 38.3 Å². The molecule has 0 unspecified atom stereocenters. The molecule has 25 heavy (non-hydrogen) atoms. The zero-order valence-electron chi connectivity index (χ0n) is 15.0. The van der Waals surface area contributed by atoms with Gasteiger partial charge in [-0.3, -0.25) is 0 Å². The number of nitrogens with one attached hydrogen (secondary N) is 1. The Labute approximate surface area is 154 Å². The molecule has 2 rings (SSSR count). The first-order chi connectivity index (χ1) is 11.4. The van der Waals surface area contributed by atoms with Crippen LogP contribution in [0.2, 0.25) is 0 Å². The van der Waals surface area contributed by atoms with Crippen LogP contribution >= 0.6 is 15.9 Å². The van der Waals surface area contributed by atoms with Gasteiger partial charge in [-0.05, 0) is 57.5 Å². The minimum Gasteiger partial charge on any atom is -0.443 e. The number of carbonyl (C=O) groups is 2. The van der Waals surface area contributed by atoms with E-state index in [2.05, 4.69) is 30.9 Å². The van der Waals surface area contributed by atoms with Gasteiger partial charge in [-0.15, -0.1) is 0 Å². The SMILES string of the molecule is CC(C)(C)OC(=O)N(C(=O)OC(C)(C)C)c1ncc(Br)c2nc[nH]c12. The first-order valence-corrected chi connectivity index (χ1v) is 8.42. The van der Waals surface area contributed by atoms with Crippen molar-refractivity contribution in [1.82, 2.24) is 15.0 Å². The zero-order chi connectivity index (χ0) is 19.0. The lowest BCUT2D eigenvalue weighted by molar-refractivity contribution is 0.0429. The van der Waals surface area contributed by atoms with Crippen LogP contribution in [0.1, 0.15) is 41.5 Å². The van der Waals surface area contributed by atoms with Crippen molar-refractivity contribution in [3.05, 3.63) is 17.0 Å².